The first-order chi connectivity index (χ1) is 7.68. The first-order valence-electron chi connectivity index (χ1n) is 5.18. The van der Waals surface area contributed by atoms with Crippen LogP contribution in [0.1, 0.15) is 6.92 Å². The largest absolute Gasteiger partial charge is 0.299 e. The molecule has 0 saturated carbocycles. The zero-order chi connectivity index (χ0) is 11.5. The molecule has 0 aliphatic carbocycles. The second-order valence-electron chi connectivity index (χ2n) is 3.80. The van der Waals surface area contributed by atoms with Gasteiger partial charge in [-0.2, -0.15) is 0 Å². The van der Waals surface area contributed by atoms with Gasteiger partial charge in [-0.25, -0.2) is 4.57 Å². The molecule has 0 saturated heterocycles. The summed E-state index contributed by atoms with van der Waals surface area (Å²) in [4.78, 5) is 12.2. The fraction of sp³-hybridized carbons (Fsp3) is 0.231. The Morgan fingerprint density at radius 1 is 1.31 bits per heavy atom. The summed E-state index contributed by atoms with van der Waals surface area (Å²) in [6.07, 6.45) is 2.03. The molecule has 2 nitrogen and oxygen atoms in total. The number of ketones is 1. The molecule has 2 aromatic rings. The molecule has 0 unspecified atom stereocenters. The molecule has 0 bridgehead atoms. The van der Waals surface area contributed by atoms with Gasteiger partial charge in [0.15, 0.2) is 6.20 Å². The highest BCUT2D eigenvalue weighted by molar-refractivity contribution is 8.00. The maximum atomic E-state index is 11.0. The van der Waals surface area contributed by atoms with E-state index >= 15 is 0 Å². The number of para-hydroxylation sites is 1. The van der Waals surface area contributed by atoms with Gasteiger partial charge in [0, 0.05) is 17.0 Å². The summed E-state index contributed by atoms with van der Waals surface area (Å²) in [7, 11) is 2.03. The minimum atomic E-state index is 0.210. The molecular weight excluding hydrogens is 218 g/mol. The number of carbonyl (C=O) groups is 1. The summed E-state index contributed by atoms with van der Waals surface area (Å²) in [6, 6.07) is 10.3. The normalized spacial score (nSPS) is 10.6. The van der Waals surface area contributed by atoms with Gasteiger partial charge in [-0.3, -0.25) is 4.79 Å². The average Bonchev–Trinajstić information content (AvgIpc) is 2.28. The monoisotopic (exact) mass is 232 g/mol. The number of aryl methyl sites for hydroxylation is 1. The van der Waals surface area contributed by atoms with Crippen molar-refractivity contribution in [3.8, 4) is 0 Å². The third-order valence-electron chi connectivity index (χ3n) is 2.43. The third-order valence-corrected chi connectivity index (χ3v) is 3.65. The summed E-state index contributed by atoms with van der Waals surface area (Å²) in [5.41, 5.74) is 1.19. The smallest absolute Gasteiger partial charge is 0.213 e. The van der Waals surface area contributed by atoms with Crippen molar-refractivity contribution in [3.05, 3.63) is 36.5 Å². The summed E-state index contributed by atoms with van der Waals surface area (Å²) < 4.78 is 2.09. The minimum absolute atomic E-state index is 0.210. The van der Waals surface area contributed by atoms with Gasteiger partial charge in [-0.05, 0) is 13.0 Å². The van der Waals surface area contributed by atoms with Crippen LogP contribution in [0.15, 0.2) is 41.4 Å². The van der Waals surface area contributed by atoms with Crippen LogP contribution in [0.25, 0.3) is 10.9 Å². The van der Waals surface area contributed by atoms with Gasteiger partial charge in [0.05, 0.1) is 11.1 Å². The number of rotatable bonds is 3. The maximum Gasteiger partial charge on any atom is 0.213 e. The Bertz CT molecular complexity index is 536. The van der Waals surface area contributed by atoms with Gasteiger partial charge in [-0.15, -0.1) is 11.8 Å². The zero-order valence-electron chi connectivity index (χ0n) is 9.43. The van der Waals surface area contributed by atoms with Gasteiger partial charge in [-0.1, -0.05) is 12.1 Å². The van der Waals surface area contributed by atoms with Crippen LogP contribution >= 0.6 is 11.8 Å². The standard InChI is InChI=1S/C13H14NOS/c1-10(15)9-16-13-7-8-14(2)12-6-4-3-5-11(12)13/h3-8H,9H2,1-2H3/q+1. The molecule has 1 heterocycles. The molecule has 0 atom stereocenters. The Kier molecular flexibility index (Phi) is 3.25. The Morgan fingerprint density at radius 2 is 2.06 bits per heavy atom. The van der Waals surface area contributed by atoms with Gasteiger partial charge in [0.1, 0.15) is 12.8 Å². The molecule has 0 radical (unpaired) electrons. The predicted molar refractivity (Wildman–Crippen MR) is 66.5 cm³/mol. The van der Waals surface area contributed by atoms with Crippen molar-refractivity contribution in [2.75, 3.05) is 5.75 Å². The van der Waals surface area contributed by atoms with Crippen molar-refractivity contribution in [1.29, 1.82) is 0 Å². The predicted octanol–water partition coefficient (Wildman–Crippen LogP) is 2.35. The van der Waals surface area contributed by atoms with Crippen LogP contribution in [0.4, 0.5) is 0 Å². The van der Waals surface area contributed by atoms with Crippen LogP contribution in [0, 0.1) is 0 Å². The Morgan fingerprint density at radius 3 is 2.81 bits per heavy atom. The number of Topliss-reactive ketones (excluding diaryl/α,β-unsaturated/α-hetero) is 1. The van der Waals surface area contributed by atoms with E-state index in [0.29, 0.717) is 5.75 Å². The van der Waals surface area contributed by atoms with Gasteiger partial charge >= 0.3 is 0 Å². The first kappa shape index (κ1) is 11.1. The van der Waals surface area contributed by atoms with Crippen LogP contribution in [0.3, 0.4) is 0 Å². The lowest BCUT2D eigenvalue weighted by atomic mass is 10.2. The van der Waals surface area contributed by atoms with Gasteiger partial charge in [0.25, 0.3) is 0 Å². The van der Waals surface area contributed by atoms with Crippen LogP contribution in [-0.2, 0) is 11.8 Å². The molecule has 0 fully saturated rings. The molecule has 82 valence electrons. The van der Waals surface area contributed by atoms with Crippen molar-refractivity contribution in [3.63, 3.8) is 0 Å². The lowest BCUT2D eigenvalue weighted by molar-refractivity contribution is -0.645. The lowest BCUT2D eigenvalue weighted by Crippen LogP contribution is -2.28. The molecule has 3 heteroatoms. The van der Waals surface area contributed by atoms with Crippen molar-refractivity contribution in [2.45, 2.75) is 11.8 Å². The number of pyridine rings is 1. The van der Waals surface area contributed by atoms with Gasteiger partial charge < -0.3 is 0 Å². The molecule has 2 rings (SSSR count). The SMILES string of the molecule is CC(=O)CSc1cc[n+](C)c2ccccc12. The van der Waals surface area contributed by atoms with Crippen molar-refractivity contribution >= 4 is 28.4 Å². The Hall–Kier alpha value is -1.35. The van der Waals surface area contributed by atoms with Crippen molar-refractivity contribution in [1.82, 2.24) is 0 Å². The number of fused-ring (bicyclic) bond motifs is 1. The third kappa shape index (κ3) is 2.25. The highest BCUT2D eigenvalue weighted by Gasteiger charge is 2.09. The summed E-state index contributed by atoms with van der Waals surface area (Å²) in [5.74, 6) is 0.750. The molecule has 0 aliphatic heterocycles. The molecule has 0 spiro atoms. The first-order valence-corrected chi connectivity index (χ1v) is 6.16. The quantitative estimate of drug-likeness (QED) is 0.598. The molecule has 0 aliphatic rings. The molecule has 0 amide bonds. The molecule has 0 N–H and O–H groups in total. The van der Waals surface area contributed by atoms with E-state index in [0.717, 1.165) is 0 Å². The number of benzene rings is 1. The van der Waals surface area contributed by atoms with E-state index in [1.807, 2.05) is 25.4 Å². The molecule has 1 aromatic carbocycles. The number of carbonyl (C=O) groups excluding carboxylic acids is 1. The summed E-state index contributed by atoms with van der Waals surface area (Å²) in [6.45, 7) is 1.62. The van der Waals surface area contributed by atoms with E-state index in [2.05, 4.69) is 22.8 Å². The van der Waals surface area contributed by atoms with E-state index in [9.17, 15) is 4.79 Å². The number of hydrogen-bond acceptors (Lipinski definition) is 2. The fourth-order valence-corrected chi connectivity index (χ4v) is 2.49. The average molecular weight is 232 g/mol. The second kappa shape index (κ2) is 4.66. The van der Waals surface area contributed by atoms with E-state index in [-0.39, 0.29) is 5.78 Å². The van der Waals surface area contributed by atoms with Crippen LogP contribution in [-0.4, -0.2) is 11.5 Å². The molecular formula is C13H14NOS+. The van der Waals surface area contributed by atoms with Crippen LogP contribution in [0.2, 0.25) is 0 Å². The zero-order valence-corrected chi connectivity index (χ0v) is 10.3. The van der Waals surface area contributed by atoms with E-state index < -0.39 is 0 Å². The maximum absolute atomic E-state index is 11.0. The summed E-state index contributed by atoms with van der Waals surface area (Å²) >= 11 is 1.60. The van der Waals surface area contributed by atoms with Gasteiger partial charge in [0.2, 0.25) is 5.52 Å². The Balaban J connectivity index is 2.46. The van der Waals surface area contributed by atoms with Crippen LogP contribution < -0.4 is 4.57 Å². The number of aromatic nitrogens is 1. The minimum Gasteiger partial charge on any atom is -0.299 e. The van der Waals surface area contributed by atoms with E-state index in [1.165, 1.54) is 15.8 Å². The molecule has 1 aromatic heterocycles. The highest BCUT2D eigenvalue weighted by Crippen LogP contribution is 2.25. The topological polar surface area (TPSA) is 20.9 Å². The number of nitrogens with zero attached hydrogens (tertiary/aromatic N) is 1. The van der Waals surface area contributed by atoms with Crippen LogP contribution in [0.5, 0.6) is 0 Å². The molecule has 16 heavy (non-hydrogen) atoms. The van der Waals surface area contributed by atoms with E-state index in [4.69, 9.17) is 0 Å². The second-order valence-corrected chi connectivity index (χ2v) is 4.82. The number of thioether (sulfide) groups is 1. The highest BCUT2D eigenvalue weighted by atomic mass is 32.2. The van der Waals surface area contributed by atoms with Crippen molar-refractivity contribution in [2.24, 2.45) is 7.05 Å². The summed E-state index contributed by atoms with van der Waals surface area (Å²) in [5, 5.41) is 1.21. The van der Waals surface area contributed by atoms with E-state index in [1.54, 1.807) is 18.7 Å². The van der Waals surface area contributed by atoms with Crippen molar-refractivity contribution < 1.29 is 9.36 Å². The lowest BCUT2D eigenvalue weighted by Gasteiger charge is -2.03. The fourth-order valence-electron chi connectivity index (χ4n) is 1.64. The number of hydrogen-bond donors (Lipinski definition) is 0. The Labute approximate surface area is 99.3 Å².